The van der Waals surface area contributed by atoms with Crippen molar-refractivity contribution in [3.63, 3.8) is 0 Å². The first-order valence-electron chi connectivity index (χ1n) is 4.57. The summed E-state index contributed by atoms with van der Waals surface area (Å²) in [5.41, 5.74) is 1.41. The number of rotatable bonds is 2. The Morgan fingerprint density at radius 2 is 2.50 bits per heavy atom. The van der Waals surface area contributed by atoms with Gasteiger partial charge in [0.05, 0.1) is 11.7 Å². The van der Waals surface area contributed by atoms with Gasteiger partial charge in [0.1, 0.15) is 0 Å². The summed E-state index contributed by atoms with van der Waals surface area (Å²) in [5.74, 6) is 1.22. The van der Waals surface area contributed by atoms with Gasteiger partial charge in [-0.1, -0.05) is 12.2 Å². The predicted molar refractivity (Wildman–Crippen MR) is 50.5 cm³/mol. The topological polar surface area (TPSA) is 12.5 Å². The maximum atomic E-state index is 5.74. The lowest BCUT2D eigenvalue weighted by Crippen LogP contribution is -2.22. The van der Waals surface area contributed by atoms with Crippen molar-refractivity contribution >= 4 is 11.6 Å². The van der Waals surface area contributed by atoms with Crippen molar-refractivity contribution in [3.05, 3.63) is 12.2 Å². The summed E-state index contributed by atoms with van der Waals surface area (Å²) in [7, 11) is 0. The average molecular weight is 187 g/mol. The number of alkyl halides is 1. The number of fused-ring (bicyclic) bond motifs is 1. The minimum absolute atomic E-state index is 0.225. The summed E-state index contributed by atoms with van der Waals surface area (Å²) in [6, 6.07) is 0. The number of hydrogen-bond acceptors (Lipinski definition) is 1. The lowest BCUT2D eigenvalue weighted by atomic mass is 9.80. The van der Waals surface area contributed by atoms with Gasteiger partial charge in [0.25, 0.3) is 0 Å². The Hall–Kier alpha value is -0.0100. The molecule has 1 aliphatic heterocycles. The van der Waals surface area contributed by atoms with Gasteiger partial charge >= 0.3 is 0 Å². The van der Waals surface area contributed by atoms with E-state index in [-0.39, 0.29) is 5.60 Å². The van der Waals surface area contributed by atoms with Crippen molar-refractivity contribution in [3.8, 4) is 0 Å². The van der Waals surface area contributed by atoms with Gasteiger partial charge in [0.2, 0.25) is 0 Å². The summed E-state index contributed by atoms with van der Waals surface area (Å²) < 4.78 is 5.61. The van der Waals surface area contributed by atoms with E-state index in [4.69, 9.17) is 16.3 Å². The number of halogens is 1. The fraction of sp³-hybridized carbons (Fsp3) is 0.800. The van der Waals surface area contributed by atoms with E-state index in [1.54, 1.807) is 0 Å². The maximum Gasteiger partial charge on any atom is 0.0920 e. The minimum Gasteiger partial charge on any atom is -0.366 e. The molecule has 0 bridgehead atoms. The SMILES string of the molecule is C=C(CCl)[C@H]1CC[C@@]2(C)O[C@H]2C1. The fourth-order valence-corrected chi connectivity index (χ4v) is 2.34. The van der Waals surface area contributed by atoms with Gasteiger partial charge in [-0.3, -0.25) is 0 Å². The van der Waals surface area contributed by atoms with Crippen molar-refractivity contribution < 1.29 is 4.74 Å². The van der Waals surface area contributed by atoms with Crippen LogP contribution in [0, 0.1) is 5.92 Å². The Balaban J connectivity index is 1.93. The van der Waals surface area contributed by atoms with Crippen molar-refractivity contribution in [2.24, 2.45) is 5.92 Å². The molecule has 2 fully saturated rings. The van der Waals surface area contributed by atoms with Crippen LogP contribution in [0.1, 0.15) is 26.2 Å². The molecule has 1 nitrogen and oxygen atoms in total. The second kappa shape index (κ2) is 2.74. The molecule has 0 aromatic heterocycles. The Kier molecular flexibility index (Phi) is 1.96. The molecule has 2 heteroatoms. The quantitative estimate of drug-likeness (QED) is 0.367. The minimum atomic E-state index is 0.225. The van der Waals surface area contributed by atoms with E-state index < -0.39 is 0 Å². The van der Waals surface area contributed by atoms with Crippen molar-refractivity contribution in [2.75, 3.05) is 5.88 Å². The fourth-order valence-electron chi connectivity index (χ4n) is 2.13. The third kappa shape index (κ3) is 1.29. The molecule has 0 radical (unpaired) electrons. The van der Waals surface area contributed by atoms with E-state index in [1.807, 2.05) is 0 Å². The van der Waals surface area contributed by atoms with Gasteiger partial charge < -0.3 is 4.74 Å². The van der Waals surface area contributed by atoms with Crippen molar-refractivity contribution in [2.45, 2.75) is 37.9 Å². The maximum absolute atomic E-state index is 5.74. The summed E-state index contributed by atoms with van der Waals surface area (Å²) in [4.78, 5) is 0. The zero-order valence-electron chi connectivity index (χ0n) is 7.48. The highest BCUT2D eigenvalue weighted by Crippen LogP contribution is 2.50. The van der Waals surface area contributed by atoms with Crippen LogP contribution in [0.5, 0.6) is 0 Å². The van der Waals surface area contributed by atoms with Crippen LogP contribution in [0.25, 0.3) is 0 Å². The summed E-state index contributed by atoms with van der Waals surface area (Å²) in [6.07, 6.45) is 4.02. The molecule has 68 valence electrons. The Labute approximate surface area is 78.7 Å². The zero-order valence-corrected chi connectivity index (χ0v) is 8.23. The molecule has 2 aliphatic rings. The third-order valence-corrected chi connectivity index (χ3v) is 3.62. The van der Waals surface area contributed by atoms with Crippen LogP contribution in [-0.2, 0) is 4.74 Å². The molecular weight excluding hydrogens is 172 g/mol. The first-order chi connectivity index (χ1) is 5.65. The van der Waals surface area contributed by atoms with E-state index >= 15 is 0 Å². The third-order valence-electron chi connectivity index (χ3n) is 3.27. The second-order valence-electron chi connectivity index (χ2n) is 4.18. The van der Waals surface area contributed by atoms with E-state index in [2.05, 4.69) is 13.5 Å². The summed E-state index contributed by atoms with van der Waals surface area (Å²) in [6.45, 7) is 6.19. The monoisotopic (exact) mass is 186 g/mol. The normalized spacial score (nSPS) is 45.2. The zero-order chi connectivity index (χ0) is 8.77. The standard InChI is InChI=1S/C10H15ClO/c1-7(6-11)8-3-4-10(2)9(5-8)12-10/h8-9H,1,3-6H2,2H3/t8-,9-,10+/m0/s1. The lowest BCUT2D eigenvalue weighted by molar-refractivity contribution is 0.303. The second-order valence-corrected chi connectivity index (χ2v) is 4.45. The molecule has 1 saturated heterocycles. The average Bonchev–Trinajstić information content (AvgIpc) is 2.73. The van der Waals surface area contributed by atoms with Crippen LogP contribution >= 0.6 is 11.6 Å². The van der Waals surface area contributed by atoms with Crippen molar-refractivity contribution in [1.82, 2.24) is 0 Å². The number of hydrogen-bond donors (Lipinski definition) is 0. The van der Waals surface area contributed by atoms with E-state index in [1.165, 1.54) is 18.4 Å². The van der Waals surface area contributed by atoms with Crippen LogP contribution in [0.4, 0.5) is 0 Å². The molecule has 1 aliphatic carbocycles. The van der Waals surface area contributed by atoms with Crippen LogP contribution < -0.4 is 0 Å². The van der Waals surface area contributed by atoms with Crippen molar-refractivity contribution in [1.29, 1.82) is 0 Å². The summed E-state index contributed by atoms with van der Waals surface area (Å²) in [5, 5.41) is 0. The van der Waals surface area contributed by atoms with E-state index in [9.17, 15) is 0 Å². The van der Waals surface area contributed by atoms with Gasteiger partial charge in [-0.25, -0.2) is 0 Å². The first-order valence-corrected chi connectivity index (χ1v) is 5.10. The highest BCUT2D eigenvalue weighted by Gasteiger charge is 2.55. The predicted octanol–water partition coefficient (Wildman–Crippen LogP) is 2.74. The number of ether oxygens (including phenoxy) is 1. The molecule has 3 atom stereocenters. The van der Waals surface area contributed by atoms with Crippen LogP contribution in [0.15, 0.2) is 12.2 Å². The highest BCUT2D eigenvalue weighted by molar-refractivity contribution is 6.19. The number of epoxide rings is 1. The number of allylic oxidation sites excluding steroid dienone is 1. The molecule has 1 saturated carbocycles. The highest BCUT2D eigenvalue weighted by atomic mass is 35.5. The Morgan fingerprint density at radius 3 is 3.08 bits per heavy atom. The molecule has 0 unspecified atom stereocenters. The molecule has 0 aromatic rings. The van der Waals surface area contributed by atoms with Gasteiger partial charge in [-0.15, -0.1) is 11.6 Å². The van der Waals surface area contributed by atoms with Crippen LogP contribution in [0.3, 0.4) is 0 Å². The molecule has 0 spiro atoms. The Morgan fingerprint density at radius 1 is 1.75 bits per heavy atom. The van der Waals surface area contributed by atoms with Gasteiger partial charge in [0.15, 0.2) is 0 Å². The first kappa shape index (κ1) is 8.58. The van der Waals surface area contributed by atoms with Gasteiger partial charge in [-0.05, 0) is 32.1 Å². The van der Waals surface area contributed by atoms with E-state index in [0.717, 1.165) is 6.42 Å². The molecular formula is C10H15ClO. The van der Waals surface area contributed by atoms with Crippen LogP contribution in [-0.4, -0.2) is 17.6 Å². The largest absolute Gasteiger partial charge is 0.366 e. The summed E-state index contributed by atoms with van der Waals surface area (Å²) >= 11 is 5.74. The molecule has 0 N–H and O–H groups in total. The molecule has 2 rings (SSSR count). The van der Waals surface area contributed by atoms with Gasteiger partial charge in [0, 0.05) is 5.88 Å². The Bertz CT molecular complexity index is 214. The molecule has 0 amide bonds. The molecule has 12 heavy (non-hydrogen) atoms. The molecule has 0 aromatic carbocycles. The molecule has 1 heterocycles. The smallest absolute Gasteiger partial charge is 0.0920 e. The van der Waals surface area contributed by atoms with E-state index in [0.29, 0.717) is 17.9 Å². The lowest BCUT2D eigenvalue weighted by Gasteiger charge is -2.23. The van der Waals surface area contributed by atoms with Gasteiger partial charge in [-0.2, -0.15) is 0 Å². The van der Waals surface area contributed by atoms with Crippen LogP contribution in [0.2, 0.25) is 0 Å².